The molecule has 2 saturated carbocycles. The van der Waals surface area contributed by atoms with E-state index in [0.717, 1.165) is 21.8 Å². The van der Waals surface area contributed by atoms with Gasteiger partial charge in [0.1, 0.15) is 0 Å². The highest BCUT2D eigenvalue weighted by Crippen LogP contribution is 2.41. The summed E-state index contributed by atoms with van der Waals surface area (Å²) in [6, 6.07) is 14.6. The van der Waals surface area contributed by atoms with Crippen molar-refractivity contribution in [3.63, 3.8) is 0 Å². The highest BCUT2D eigenvalue weighted by Gasteiger charge is 2.38. The molecule has 0 bridgehead atoms. The van der Waals surface area contributed by atoms with Gasteiger partial charge in [0.15, 0.2) is 0 Å². The summed E-state index contributed by atoms with van der Waals surface area (Å²) in [5.41, 5.74) is 5.60. The number of carbonyl (C=O) groups excluding carboxylic acids is 1. The standard InChI is InChI=1S/C21H21N3OS/c25-21(15-5-8-18-20(9-15)26-12-23-18)24-16-6-3-14(4-7-16)17-10-19(17)22-11-13-1-2-13/h3-9,12-13,17,19,22H,1-2,10-11H2,(H,24,25)/t17-,19+/m0/s1. The molecule has 0 spiro atoms. The number of hydrogen-bond donors (Lipinski definition) is 2. The van der Waals surface area contributed by atoms with Crippen molar-refractivity contribution >= 4 is 33.1 Å². The van der Waals surface area contributed by atoms with Crippen LogP contribution in [0.3, 0.4) is 0 Å². The smallest absolute Gasteiger partial charge is 0.255 e. The first kappa shape index (κ1) is 16.0. The average Bonchev–Trinajstić information content (AvgIpc) is 3.57. The van der Waals surface area contributed by atoms with E-state index in [-0.39, 0.29) is 5.91 Å². The minimum atomic E-state index is -0.0801. The Kier molecular flexibility index (Phi) is 3.98. The summed E-state index contributed by atoms with van der Waals surface area (Å²) in [5.74, 6) is 1.48. The maximum atomic E-state index is 12.5. The molecule has 1 aromatic heterocycles. The van der Waals surface area contributed by atoms with Gasteiger partial charge in [0.2, 0.25) is 0 Å². The summed E-state index contributed by atoms with van der Waals surface area (Å²) in [7, 11) is 0. The Morgan fingerprint density at radius 2 is 2.00 bits per heavy atom. The number of nitrogens with zero attached hydrogens (tertiary/aromatic N) is 1. The van der Waals surface area contributed by atoms with Gasteiger partial charge in [-0.2, -0.15) is 0 Å². The zero-order valence-corrected chi connectivity index (χ0v) is 15.3. The predicted octanol–water partition coefficient (Wildman–Crippen LogP) is 4.40. The molecule has 5 rings (SSSR count). The number of hydrogen-bond acceptors (Lipinski definition) is 4. The van der Waals surface area contributed by atoms with Crippen molar-refractivity contribution in [3.05, 3.63) is 59.1 Å². The maximum Gasteiger partial charge on any atom is 0.255 e. The van der Waals surface area contributed by atoms with Crippen molar-refractivity contribution in [2.75, 3.05) is 11.9 Å². The summed E-state index contributed by atoms with van der Waals surface area (Å²) < 4.78 is 1.03. The third-order valence-corrected chi connectivity index (χ3v) is 6.14. The lowest BCUT2D eigenvalue weighted by molar-refractivity contribution is 0.102. The van der Waals surface area contributed by atoms with Gasteiger partial charge in [0, 0.05) is 23.2 Å². The van der Waals surface area contributed by atoms with Crippen LogP contribution in [0.5, 0.6) is 0 Å². The zero-order valence-electron chi connectivity index (χ0n) is 14.4. The molecule has 4 nitrogen and oxygen atoms in total. The van der Waals surface area contributed by atoms with Crippen molar-refractivity contribution in [3.8, 4) is 0 Å². The molecule has 2 aliphatic carbocycles. The second-order valence-electron chi connectivity index (χ2n) is 7.41. The fourth-order valence-corrected chi connectivity index (χ4v) is 4.16. The second-order valence-corrected chi connectivity index (χ2v) is 8.30. The van der Waals surface area contributed by atoms with Gasteiger partial charge in [-0.3, -0.25) is 4.79 Å². The Bertz CT molecular complexity index is 945. The number of anilines is 1. The van der Waals surface area contributed by atoms with Crippen molar-refractivity contribution < 1.29 is 4.79 Å². The summed E-state index contributed by atoms with van der Waals surface area (Å²) in [6.07, 6.45) is 4.02. The molecule has 2 aliphatic rings. The lowest BCUT2D eigenvalue weighted by atomic mass is 10.1. The minimum absolute atomic E-state index is 0.0801. The summed E-state index contributed by atoms with van der Waals surface area (Å²) >= 11 is 1.55. The topological polar surface area (TPSA) is 54.0 Å². The molecule has 2 fully saturated rings. The van der Waals surface area contributed by atoms with E-state index in [2.05, 4.69) is 27.8 Å². The van der Waals surface area contributed by atoms with Crippen LogP contribution in [-0.2, 0) is 0 Å². The van der Waals surface area contributed by atoms with Crippen LogP contribution in [0.2, 0.25) is 0 Å². The van der Waals surface area contributed by atoms with Crippen molar-refractivity contribution in [1.82, 2.24) is 10.3 Å². The van der Waals surface area contributed by atoms with Gasteiger partial charge in [-0.15, -0.1) is 11.3 Å². The highest BCUT2D eigenvalue weighted by atomic mass is 32.1. The third-order valence-electron chi connectivity index (χ3n) is 5.35. The normalized spacial score (nSPS) is 21.7. The van der Waals surface area contributed by atoms with Gasteiger partial charge in [-0.05, 0) is 67.6 Å². The van der Waals surface area contributed by atoms with Crippen LogP contribution in [0.15, 0.2) is 48.0 Å². The third kappa shape index (κ3) is 3.37. The molecular weight excluding hydrogens is 342 g/mol. The summed E-state index contributed by atoms with van der Waals surface area (Å²) in [6.45, 7) is 1.18. The van der Waals surface area contributed by atoms with E-state index in [4.69, 9.17) is 0 Å². The molecule has 132 valence electrons. The molecule has 2 aromatic carbocycles. The number of rotatable bonds is 6. The first-order chi connectivity index (χ1) is 12.8. The first-order valence-electron chi connectivity index (χ1n) is 9.24. The fourth-order valence-electron chi connectivity index (χ4n) is 3.44. The zero-order chi connectivity index (χ0) is 17.5. The molecule has 0 radical (unpaired) electrons. The number of thiazole rings is 1. The molecule has 2 N–H and O–H groups in total. The predicted molar refractivity (Wildman–Crippen MR) is 106 cm³/mol. The number of fused-ring (bicyclic) bond motifs is 1. The molecule has 26 heavy (non-hydrogen) atoms. The molecule has 1 amide bonds. The van der Waals surface area contributed by atoms with Crippen molar-refractivity contribution in [2.24, 2.45) is 5.92 Å². The van der Waals surface area contributed by atoms with Gasteiger partial charge in [0.05, 0.1) is 15.7 Å². The number of carbonyl (C=O) groups is 1. The highest BCUT2D eigenvalue weighted by molar-refractivity contribution is 7.16. The summed E-state index contributed by atoms with van der Waals surface area (Å²) in [4.78, 5) is 16.7. The van der Waals surface area contributed by atoms with E-state index in [1.165, 1.54) is 31.4 Å². The van der Waals surface area contributed by atoms with E-state index in [1.807, 2.05) is 30.3 Å². The van der Waals surface area contributed by atoms with E-state index in [1.54, 1.807) is 16.8 Å². The monoisotopic (exact) mass is 363 g/mol. The van der Waals surface area contributed by atoms with Gasteiger partial charge >= 0.3 is 0 Å². The Hall–Kier alpha value is -2.24. The van der Waals surface area contributed by atoms with Crippen molar-refractivity contribution in [1.29, 1.82) is 0 Å². The van der Waals surface area contributed by atoms with Crippen LogP contribution in [-0.4, -0.2) is 23.5 Å². The van der Waals surface area contributed by atoms with Crippen LogP contribution in [0.1, 0.15) is 41.1 Å². The number of aromatic nitrogens is 1. The second kappa shape index (κ2) is 6.49. The molecule has 0 unspecified atom stereocenters. The van der Waals surface area contributed by atoms with Crippen LogP contribution >= 0.6 is 11.3 Å². The van der Waals surface area contributed by atoms with Crippen LogP contribution < -0.4 is 10.6 Å². The van der Waals surface area contributed by atoms with Crippen molar-refractivity contribution in [2.45, 2.75) is 31.2 Å². The van der Waals surface area contributed by atoms with Crippen LogP contribution in [0.4, 0.5) is 5.69 Å². The van der Waals surface area contributed by atoms with Crippen LogP contribution in [0.25, 0.3) is 10.2 Å². The Balaban J connectivity index is 1.21. The Morgan fingerprint density at radius 3 is 2.81 bits per heavy atom. The molecule has 3 aromatic rings. The lowest BCUT2D eigenvalue weighted by Gasteiger charge is -2.07. The van der Waals surface area contributed by atoms with Crippen LogP contribution in [0, 0.1) is 5.92 Å². The van der Waals surface area contributed by atoms with Gasteiger partial charge in [0.25, 0.3) is 5.91 Å². The number of benzene rings is 2. The summed E-state index contributed by atoms with van der Waals surface area (Å²) in [5, 5.41) is 6.66. The van der Waals surface area contributed by atoms with Gasteiger partial charge in [-0.25, -0.2) is 4.98 Å². The molecule has 2 atom stereocenters. The Morgan fingerprint density at radius 1 is 1.15 bits per heavy atom. The van der Waals surface area contributed by atoms with E-state index in [0.29, 0.717) is 17.5 Å². The quantitative estimate of drug-likeness (QED) is 0.682. The van der Waals surface area contributed by atoms with Gasteiger partial charge in [-0.1, -0.05) is 12.1 Å². The minimum Gasteiger partial charge on any atom is -0.322 e. The fraction of sp³-hybridized carbons (Fsp3) is 0.333. The van der Waals surface area contributed by atoms with Gasteiger partial charge < -0.3 is 10.6 Å². The SMILES string of the molecule is O=C(Nc1ccc([C@@H]2C[C@H]2NCC2CC2)cc1)c1ccc2ncsc2c1. The number of amides is 1. The molecular formula is C21H21N3OS. The van der Waals surface area contributed by atoms with E-state index >= 15 is 0 Å². The van der Waals surface area contributed by atoms with E-state index in [9.17, 15) is 4.79 Å². The number of nitrogens with one attached hydrogen (secondary N) is 2. The average molecular weight is 363 g/mol. The largest absolute Gasteiger partial charge is 0.322 e. The molecule has 0 saturated heterocycles. The molecule has 5 heteroatoms. The lowest BCUT2D eigenvalue weighted by Crippen LogP contribution is -2.20. The molecule has 0 aliphatic heterocycles. The van der Waals surface area contributed by atoms with E-state index < -0.39 is 0 Å². The Labute approximate surface area is 156 Å². The maximum absolute atomic E-state index is 12.5. The molecule has 1 heterocycles. The first-order valence-corrected chi connectivity index (χ1v) is 10.1.